The molecule has 13 heteroatoms. The Morgan fingerprint density at radius 2 is 0.739 bits per heavy atom. The van der Waals surface area contributed by atoms with Crippen LogP contribution < -0.4 is 88.7 Å². The topological polar surface area (TPSA) is 156 Å². The second-order valence-electron chi connectivity index (χ2n) is 4.00. The number of aliphatic carboxylic acids is 4. The third kappa shape index (κ3) is 20.8. The van der Waals surface area contributed by atoms with Gasteiger partial charge in [0.05, 0.1) is 26.2 Å². The van der Waals surface area contributed by atoms with E-state index in [1.165, 1.54) is 0 Å². The molecule has 0 aromatic heterocycles. The van der Waals surface area contributed by atoms with Crippen molar-refractivity contribution in [2.75, 3.05) is 39.3 Å². The minimum atomic E-state index is -1.23. The Morgan fingerprint density at radius 1 is 0.565 bits per heavy atom. The van der Waals surface area contributed by atoms with Crippen LogP contribution in [0.15, 0.2) is 0 Å². The summed E-state index contributed by atoms with van der Waals surface area (Å²) in [5, 5.41) is 34.5. The fourth-order valence-corrected chi connectivity index (χ4v) is 1.48. The maximum Gasteiger partial charge on any atom is 1.00 e. The number of carboxylic acids is 4. The third-order valence-corrected chi connectivity index (χ3v) is 2.17. The summed E-state index contributed by atoms with van der Waals surface area (Å²) in [7, 11) is 0. The zero-order valence-corrected chi connectivity index (χ0v) is 19.6. The maximum atomic E-state index is 10.6. The van der Waals surface area contributed by atoms with Crippen LogP contribution in [-0.4, -0.2) is 93.4 Å². The summed E-state index contributed by atoms with van der Waals surface area (Å²) >= 11 is 0. The maximum absolute atomic E-state index is 10.6. The van der Waals surface area contributed by atoms with Crippen LogP contribution in [0, 0.1) is 0 Å². The van der Waals surface area contributed by atoms with Crippen LogP contribution in [0.3, 0.4) is 0 Å². The largest absolute Gasteiger partial charge is 1.00 e. The first-order valence-electron chi connectivity index (χ1n) is 5.52. The molecule has 0 saturated heterocycles. The van der Waals surface area contributed by atoms with Gasteiger partial charge in [0, 0.05) is 13.1 Å². The number of rotatable bonds is 11. The summed E-state index contributed by atoms with van der Waals surface area (Å²) in [4.78, 5) is 44.4. The van der Waals surface area contributed by atoms with E-state index in [0.29, 0.717) is 0 Å². The Bertz CT molecular complexity index is 342. The van der Waals surface area contributed by atoms with Crippen LogP contribution in [-0.2, 0) is 19.2 Å². The van der Waals surface area contributed by atoms with Crippen molar-refractivity contribution < 1.29 is 133 Å². The van der Waals surface area contributed by atoms with Gasteiger partial charge in [-0.05, 0) is 0 Å². The molecule has 0 unspecified atom stereocenters. The standard InChI is InChI=1S/C10H16N2O8.3Na.3H/c13-7(14)3-11(4-8(15)16)1-2-12(5-9(17)18)6-10(19)20;;;;;;/h1-6H2,(H,13,14)(H,15,16)(H,17,18)(H,19,20);;;;;;/q;3*+1;3*-1. The second-order valence-corrected chi connectivity index (χ2v) is 4.00. The number of carbonyl (C=O) groups is 4. The quantitative estimate of drug-likeness (QED) is 0.260. The fraction of sp³-hybridized carbons (Fsp3) is 0.600. The van der Waals surface area contributed by atoms with E-state index in [1.807, 2.05) is 0 Å². The van der Waals surface area contributed by atoms with Gasteiger partial charge in [-0.3, -0.25) is 29.0 Å². The molecule has 0 fully saturated rings. The molecule has 0 radical (unpaired) electrons. The second kappa shape index (κ2) is 17.6. The Hall–Kier alpha value is 0.800. The van der Waals surface area contributed by atoms with Crippen LogP contribution in [0.2, 0.25) is 0 Å². The molecule has 0 atom stereocenters. The molecule has 23 heavy (non-hydrogen) atoms. The normalized spacial score (nSPS) is 9.30. The smallest absolute Gasteiger partial charge is 1.00 e. The Labute approximate surface area is 203 Å². The molecular weight excluding hydrogens is 345 g/mol. The van der Waals surface area contributed by atoms with Crippen LogP contribution in [0.4, 0.5) is 0 Å². The van der Waals surface area contributed by atoms with E-state index in [1.54, 1.807) is 0 Å². The van der Waals surface area contributed by atoms with Crippen molar-refractivity contribution in [1.82, 2.24) is 9.80 Å². The average molecular weight is 364 g/mol. The summed E-state index contributed by atoms with van der Waals surface area (Å²) in [5.74, 6) is -4.91. The average Bonchev–Trinajstić information content (AvgIpc) is 2.22. The van der Waals surface area contributed by atoms with Crippen molar-refractivity contribution in [2.24, 2.45) is 0 Å². The molecule has 0 aliphatic heterocycles. The first-order chi connectivity index (χ1) is 9.20. The molecule has 0 aromatic carbocycles. The van der Waals surface area contributed by atoms with Crippen molar-refractivity contribution in [3.63, 3.8) is 0 Å². The van der Waals surface area contributed by atoms with E-state index in [9.17, 15) is 19.2 Å². The molecule has 0 spiro atoms. The summed E-state index contributed by atoms with van der Waals surface area (Å²) in [5.41, 5.74) is 0. The number of hydrogen-bond donors (Lipinski definition) is 4. The van der Waals surface area contributed by atoms with Gasteiger partial charge in [0.15, 0.2) is 0 Å². The zero-order valence-electron chi connectivity index (χ0n) is 16.6. The number of nitrogens with zero attached hydrogens (tertiary/aromatic N) is 2. The van der Waals surface area contributed by atoms with Gasteiger partial charge in [0.25, 0.3) is 0 Å². The monoisotopic (exact) mass is 364 g/mol. The fourth-order valence-electron chi connectivity index (χ4n) is 1.48. The summed E-state index contributed by atoms with van der Waals surface area (Å²) < 4.78 is 0. The Kier molecular flexibility index (Phi) is 24.2. The first-order valence-corrected chi connectivity index (χ1v) is 5.52. The van der Waals surface area contributed by atoms with E-state index in [2.05, 4.69) is 0 Å². The molecular formula is C10H19N2Na3O8. The van der Waals surface area contributed by atoms with Gasteiger partial charge in [-0.25, -0.2) is 0 Å². The van der Waals surface area contributed by atoms with Crippen LogP contribution in [0.5, 0.6) is 0 Å². The van der Waals surface area contributed by atoms with Crippen LogP contribution in [0.25, 0.3) is 0 Å². The van der Waals surface area contributed by atoms with Crippen molar-refractivity contribution in [2.45, 2.75) is 0 Å². The molecule has 0 heterocycles. The molecule has 0 amide bonds. The molecule has 0 aliphatic rings. The van der Waals surface area contributed by atoms with E-state index < -0.39 is 50.1 Å². The van der Waals surface area contributed by atoms with Gasteiger partial charge in [-0.15, -0.1) is 0 Å². The predicted molar refractivity (Wildman–Crippen MR) is 66.8 cm³/mol. The van der Waals surface area contributed by atoms with Crippen molar-refractivity contribution in [3.05, 3.63) is 0 Å². The van der Waals surface area contributed by atoms with Crippen molar-refractivity contribution >= 4 is 23.9 Å². The Morgan fingerprint density at radius 3 is 0.870 bits per heavy atom. The summed E-state index contributed by atoms with van der Waals surface area (Å²) in [6, 6.07) is 0. The molecule has 0 bridgehead atoms. The van der Waals surface area contributed by atoms with Gasteiger partial charge in [0.1, 0.15) is 0 Å². The third-order valence-electron chi connectivity index (χ3n) is 2.17. The number of hydrogen-bond acceptors (Lipinski definition) is 6. The van der Waals surface area contributed by atoms with Gasteiger partial charge in [0.2, 0.25) is 0 Å². The van der Waals surface area contributed by atoms with Crippen LogP contribution >= 0.6 is 0 Å². The number of carboxylic acid groups (broad SMARTS) is 4. The molecule has 0 aromatic rings. The Balaban J connectivity index is -0.000000120. The minimum absolute atomic E-state index is 0. The van der Waals surface area contributed by atoms with Crippen molar-refractivity contribution in [3.8, 4) is 0 Å². The molecule has 10 nitrogen and oxygen atoms in total. The molecule has 0 rings (SSSR count). The molecule has 120 valence electrons. The van der Waals surface area contributed by atoms with Gasteiger partial charge < -0.3 is 24.7 Å². The zero-order chi connectivity index (χ0) is 15.7. The van der Waals surface area contributed by atoms with E-state index in [-0.39, 0.29) is 106 Å². The summed E-state index contributed by atoms with van der Waals surface area (Å²) in [6.45, 7) is -2.25. The van der Waals surface area contributed by atoms with Gasteiger partial charge in [-0.1, -0.05) is 0 Å². The van der Waals surface area contributed by atoms with Crippen molar-refractivity contribution in [1.29, 1.82) is 0 Å². The van der Waals surface area contributed by atoms with Gasteiger partial charge in [-0.2, -0.15) is 0 Å². The SMILES string of the molecule is O=C(O)CN(CCN(CC(=O)O)CC(=O)O)CC(=O)O.[H-].[H-].[H-].[Na+].[Na+].[Na+]. The van der Waals surface area contributed by atoms with Crippen LogP contribution in [0.1, 0.15) is 4.28 Å². The molecule has 0 saturated carbocycles. The van der Waals surface area contributed by atoms with Gasteiger partial charge >= 0.3 is 113 Å². The summed E-state index contributed by atoms with van der Waals surface area (Å²) in [6.07, 6.45) is 0. The predicted octanol–water partition coefficient (Wildman–Crippen LogP) is -10.7. The minimum Gasteiger partial charge on any atom is -1.00 e. The first kappa shape index (κ1) is 31.6. The van der Waals surface area contributed by atoms with E-state index >= 15 is 0 Å². The molecule has 4 N–H and O–H groups in total. The van der Waals surface area contributed by atoms with E-state index in [4.69, 9.17) is 20.4 Å². The van der Waals surface area contributed by atoms with E-state index in [0.717, 1.165) is 9.80 Å². The molecule has 0 aliphatic carbocycles.